The molecule has 0 amide bonds. The van der Waals surface area contributed by atoms with Crippen LogP contribution in [0.25, 0.3) is 91.9 Å². The fraction of sp³-hybridized carbons (Fsp3) is 0.0323. The highest BCUT2D eigenvalue weighted by molar-refractivity contribution is 7.25. The van der Waals surface area contributed by atoms with Gasteiger partial charge in [0.2, 0.25) is 0 Å². The maximum Gasteiger partial charge on any atom is 0.137 e. The van der Waals surface area contributed by atoms with Crippen LogP contribution in [0, 0.1) is 0 Å². The molecule has 3 aromatic heterocycles. The monoisotopic (exact) mass is 860 g/mol. The van der Waals surface area contributed by atoms with Crippen LogP contribution in [-0.4, -0.2) is 4.57 Å². The van der Waals surface area contributed by atoms with Crippen LogP contribution in [0.2, 0.25) is 0 Å². The number of aromatic nitrogens is 1. The molecule has 10 aromatic carbocycles. The standard InChI is InChI=1S/C62H40N2OS/c1-62(52-22-7-2-17-44(52)45-18-3-8-23-53(45)62)54-24-9-11-26-57(54)63(43-31-33-50-49-21-6-13-28-60(49)66-61(50)38-43)41-16-14-15-39(35-41)40-29-34-56-51(36-40)46-19-4-10-25-55(46)64(56)42-30-32-48-47-20-5-12-27-58(47)65-59(48)37-42/h2-38H,1H3. The minimum atomic E-state index is -0.393. The molecule has 13 aromatic rings. The number of hydrogen-bond donors (Lipinski definition) is 0. The minimum Gasteiger partial charge on any atom is -0.456 e. The van der Waals surface area contributed by atoms with Gasteiger partial charge in [0.1, 0.15) is 11.2 Å². The van der Waals surface area contributed by atoms with Crippen molar-refractivity contribution in [2.75, 3.05) is 4.90 Å². The Kier molecular flexibility index (Phi) is 7.98. The zero-order valence-electron chi connectivity index (χ0n) is 36.1. The predicted molar refractivity (Wildman–Crippen MR) is 279 cm³/mol. The Morgan fingerprint density at radius 2 is 1.03 bits per heavy atom. The first-order chi connectivity index (χ1) is 32.6. The Balaban J connectivity index is 0.950. The molecule has 3 heterocycles. The summed E-state index contributed by atoms with van der Waals surface area (Å²) in [5.41, 5.74) is 17.0. The highest BCUT2D eigenvalue weighted by Crippen LogP contribution is 2.55. The Morgan fingerprint density at radius 3 is 1.88 bits per heavy atom. The molecule has 1 aliphatic rings. The summed E-state index contributed by atoms with van der Waals surface area (Å²) < 4.78 is 11.3. The molecule has 0 saturated carbocycles. The quantitative estimate of drug-likeness (QED) is 0.166. The lowest BCUT2D eigenvalue weighted by molar-refractivity contribution is 0.668. The van der Waals surface area contributed by atoms with Crippen molar-refractivity contribution >= 4 is 92.3 Å². The molecule has 0 fully saturated rings. The largest absolute Gasteiger partial charge is 0.456 e. The van der Waals surface area contributed by atoms with E-state index in [2.05, 4.69) is 229 Å². The van der Waals surface area contributed by atoms with Crippen LogP contribution in [-0.2, 0) is 5.41 Å². The van der Waals surface area contributed by atoms with Crippen molar-refractivity contribution < 1.29 is 4.42 Å². The summed E-state index contributed by atoms with van der Waals surface area (Å²) in [6.07, 6.45) is 0. The molecule has 0 spiro atoms. The Hall–Kier alpha value is -8.18. The van der Waals surface area contributed by atoms with Gasteiger partial charge in [0.15, 0.2) is 0 Å². The zero-order chi connectivity index (χ0) is 43.5. The van der Waals surface area contributed by atoms with Crippen molar-refractivity contribution in [2.45, 2.75) is 12.3 Å². The minimum absolute atomic E-state index is 0.393. The number of nitrogens with zero attached hydrogens (tertiary/aromatic N) is 2. The van der Waals surface area contributed by atoms with Crippen molar-refractivity contribution in [2.24, 2.45) is 0 Å². The molecule has 310 valence electrons. The Morgan fingerprint density at radius 1 is 0.409 bits per heavy atom. The molecule has 0 N–H and O–H groups in total. The lowest BCUT2D eigenvalue weighted by atomic mass is 9.73. The number of thiophene rings is 1. The van der Waals surface area contributed by atoms with E-state index in [4.69, 9.17) is 4.42 Å². The van der Waals surface area contributed by atoms with Gasteiger partial charge >= 0.3 is 0 Å². The number of fused-ring (bicyclic) bond motifs is 12. The van der Waals surface area contributed by atoms with E-state index < -0.39 is 5.41 Å². The third kappa shape index (κ3) is 5.37. The summed E-state index contributed by atoms with van der Waals surface area (Å²) in [7, 11) is 0. The van der Waals surface area contributed by atoms with E-state index in [0.29, 0.717) is 0 Å². The summed E-state index contributed by atoms with van der Waals surface area (Å²) in [5, 5.41) is 7.28. The molecule has 0 aliphatic heterocycles. The van der Waals surface area contributed by atoms with Crippen molar-refractivity contribution in [3.8, 4) is 27.9 Å². The van der Waals surface area contributed by atoms with E-state index in [0.717, 1.165) is 61.3 Å². The van der Waals surface area contributed by atoms with Crippen LogP contribution in [0.3, 0.4) is 0 Å². The predicted octanol–water partition coefficient (Wildman–Crippen LogP) is 17.5. The van der Waals surface area contributed by atoms with Gasteiger partial charge in [-0.05, 0) is 119 Å². The highest BCUT2D eigenvalue weighted by atomic mass is 32.1. The van der Waals surface area contributed by atoms with Crippen LogP contribution < -0.4 is 4.90 Å². The first kappa shape index (κ1) is 37.2. The first-order valence-corrected chi connectivity index (χ1v) is 23.5. The molecule has 14 rings (SSSR count). The van der Waals surface area contributed by atoms with E-state index >= 15 is 0 Å². The summed E-state index contributed by atoms with van der Waals surface area (Å²) in [6, 6.07) is 82.5. The first-order valence-electron chi connectivity index (χ1n) is 22.7. The SMILES string of the molecule is CC1(c2ccccc2N(c2cccc(-c3ccc4c(c3)c3ccccc3n4-c3ccc4c(c3)oc3ccccc34)c2)c2ccc3c(c2)sc2ccccc23)c2ccccc2-c2ccccc21. The Bertz CT molecular complexity index is 4060. The molecule has 4 heteroatoms. The third-order valence-electron chi connectivity index (χ3n) is 14.3. The molecule has 66 heavy (non-hydrogen) atoms. The van der Waals surface area contributed by atoms with Gasteiger partial charge < -0.3 is 13.9 Å². The normalized spacial score (nSPS) is 13.0. The summed E-state index contributed by atoms with van der Waals surface area (Å²) in [5.74, 6) is 0. The van der Waals surface area contributed by atoms with Crippen LogP contribution >= 0.6 is 11.3 Å². The van der Waals surface area contributed by atoms with Crippen molar-refractivity contribution in [1.29, 1.82) is 0 Å². The second-order valence-corrected chi connectivity index (χ2v) is 18.8. The van der Waals surface area contributed by atoms with E-state index in [-0.39, 0.29) is 0 Å². The molecule has 0 bridgehead atoms. The van der Waals surface area contributed by atoms with Crippen molar-refractivity contribution in [1.82, 2.24) is 4.57 Å². The molecule has 0 radical (unpaired) electrons. The van der Waals surface area contributed by atoms with Gasteiger partial charge in [0.05, 0.1) is 16.7 Å². The maximum atomic E-state index is 6.38. The molecule has 0 atom stereocenters. The van der Waals surface area contributed by atoms with Gasteiger partial charge in [-0.1, -0.05) is 146 Å². The molecular weight excluding hydrogens is 821 g/mol. The topological polar surface area (TPSA) is 21.3 Å². The van der Waals surface area contributed by atoms with Gasteiger partial charge in [-0.15, -0.1) is 11.3 Å². The van der Waals surface area contributed by atoms with Gasteiger partial charge in [-0.25, -0.2) is 0 Å². The van der Waals surface area contributed by atoms with Crippen LogP contribution in [0.5, 0.6) is 0 Å². The number of hydrogen-bond acceptors (Lipinski definition) is 3. The fourth-order valence-corrected chi connectivity index (χ4v) is 12.4. The smallest absolute Gasteiger partial charge is 0.137 e. The molecular formula is C62H40N2OS. The zero-order valence-corrected chi connectivity index (χ0v) is 36.9. The number of benzene rings is 10. The third-order valence-corrected chi connectivity index (χ3v) is 15.4. The lowest BCUT2D eigenvalue weighted by Gasteiger charge is -2.35. The van der Waals surface area contributed by atoms with Crippen LogP contribution in [0.4, 0.5) is 17.1 Å². The summed E-state index contributed by atoms with van der Waals surface area (Å²) in [6.45, 7) is 2.42. The average molecular weight is 861 g/mol. The number of furan rings is 1. The summed E-state index contributed by atoms with van der Waals surface area (Å²) in [4.78, 5) is 2.50. The Labute approximate surface area is 385 Å². The van der Waals surface area contributed by atoms with Crippen LogP contribution in [0.15, 0.2) is 229 Å². The molecule has 1 aliphatic carbocycles. The second kappa shape index (κ2) is 14.2. The summed E-state index contributed by atoms with van der Waals surface area (Å²) >= 11 is 1.86. The van der Waals surface area contributed by atoms with E-state index in [1.54, 1.807) is 0 Å². The van der Waals surface area contributed by atoms with Gasteiger partial charge in [0, 0.05) is 70.3 Å². The number of anilines is 3. The number of para-hydroxylation sites is 3. The fourth-order valence-electron chi connectivity index (χ4n) is 11.2. The number of rotatable bonds is 6. The molecule has 3 nitrogen and oxygen atoms in total. The van der Waals surface area contributed by atoms with Crippen molar-refractivity contribution in [3.63, 3.8) is 0 Å². The lowest BCUT2D eigenvalue weighted by Crippen LogP contribution is -2.25. The van der Waals surface area contributed by atoms with Gasteiger partial charge in [-0.3, -0.25) is 0 Å². The molecule has 0 saturated heterocycles. The average Bonchev–Trinajstić information content (AvgIpc) is 4.11. The van der Waals surface area contributed by atoms with E-state index in [1.807, 2.05) is 23.5 Å². The second-order valence-electron chi connectivity index (χ2n) is 17.8. The van der Waals surface area contributed by atoms with E-state index in [9.17, 15) is 0 Å². The highest BCUT2D eigenvalue weighted by Gasteiger charge is 2.42. The van der Waals surface area contributed by atoms with Gasteiger partial charge in [-0.2, -0.15) is 0 Å². The van der Waals surface area contributed by atoms with Crippen molar-refractivity contribution in [3.05, 3.63) is 241 Å². The molecule has 0 unspecified atom stereocenters. The van der Waals surface area contributed by atoms with E-state index in [1.165, 1.54) is 64.3 Å². The maximum absolute atomic E-state index is 6.38. The van der Waals surface area contributed by atoms with Gasteiger partial charge in [0.25, 0.3) is 0 Å². The van der Waals surface area contributed by atoms with Crippen LogP contribution in [0.1, 0.15) is 23.6 Å².